The summed E-state index contributed by atoms with van der Waals surface area (Å²) < 4.78 is 0. The molecule has 3 rings (SSSR count). The van der Waals surface area contributed by atoms with Crippen molar-refractivity contribution in [2.45, 2.75) is 6.92 Å². The van der Waals surface area contributed by atoms with Crippen molar-refractivity contribution >= 4 is 23.1 Å². The van der Waals surface area contributed by atoms with Crippen LogP contribution in [0.4, 0.5) is 17.2 Å². The summed E-state index contributed by atoms with van der Waals surface area (Å²) in [6, 6.07) is 9.29. The molecule has 2 aromatic rings. The zero-order valence-corrected chi connectivity index (χ0v) is 9.32. The van der Waals surface area contributed by atoms with E-state index in [1.165, 1.54) is 0 Å². The van der Waals surface area contributed by atoms with Crippen LogP contribution in [0, 0.1) is 6.92 Å². The van der Waals surface area contributed by atoms with Crippen LogP contribution in [0.1, 0.15) is 15.9 Å². The molecule has 1 aliphatic rings. The molecule has 0 radical (unpaired) electrons. The third kappa shape index (κ3) is 1.63. The molecule has 0 aliphatic carbocycles. The number of carbonyl (C=O) groups excluding carboxylic acids is 1. The predicted octanol–water partition coefficient (Wildman–Crippen LogP) is 2.70. The van der Waals surface area contributed by atoms with Crippen molar-refractivity contribution in [2.75, 3.05) is 10.6 Å². The minimum absolute atomic E-state index is 0.112. The third-order valence-electron chi connectivity index (χ3n) is 2.70. The van der Waals surface area contributed by atoms with Crippen LogP contribution in [-0.2, 0) is 0 Å². The van der Waals surface area contributed by atoms with Crippen molar-refractivity contribution in [2.24, 2.45) is 0 Å². The van der Waals surface area contributed by atoms with Gasteiger partial charge in [-0.25, -0.2) is 4.98 Å². The Morgan fingerprint density at radius 1 is 1.12 bits per heavy atom. The molecule has 2 heterocycles. The minimum Gasteiger partial charge on any atom is -0.338 e. The van der Waals surface area contributed by atoms with Gasteiger partial charge in [-0.3, -0.25) is 4.79 Å². The maximum atomic E-state index is 12.0. The first-order valence-electron chi connectivity index (χ1n) is 5.38. The van der Waals surface area contributed by atoms with Gasteiger partial charge in [0, 0.05) is 6.20 Å². The molecular weight excluding hydrogens is 214 g/mol. The monoisotopic (exact) mass is 225 g/mol. The molecule has 0 bridgehead atoms. The number of nitrogens with zero attached hydrogens (tertiary/aromatic N) is 1. The Morgan fingerprint density at radius 2 is 1.94 bits per heavy atom. The van der Waals surface area contributed by atoms with E-state index in [1.54, 1.807) is 12.3 Å². The van der Waals surface area contributed by atoms with E-state index in [0.29, 0.717) is 17.1 Å². The molecule has 1 aliphatic heterocycles. The number of hydrogen-bond donors (Lipinski definition) is 2. The lowest BCUT2D eigenvalue weighted by Crippen LogP contribution is -2.10. The Balaban J connectivity index is 2.17. The van der Waals surface area contributed by atoms with E-state index < -0.39 is 0 Å². The largest absolute Gasteiger partial charge is 0.338 e. The van der Waals surface area contributed by atoms with Crippen LogP contribution in [0.15, 0.2) is 36.5 Å². The molecule has 2 N–H and O–H groups in total. The summed E-state index contributed by atoms with van der Waals surface area (Å²) in [7, 11) is 0. The Kier molecular flexibility index (Phi) is 2.08. The standard InChI is InChI=1S/C13H11N3O/c1-8-6-11-12(14-7-8)15-10-5-3-2-4-9(10)13(17)16-11/h2-7H,1H3,(H,14,15)(H,16,17). The van der Waals surface area contributed by atoms with Gasteiger partial charge in [0.15, 0.2) is 5.82 Å². The number of rotatable bonds is 0. The summed E-state index contributed by atoms with van der Waals surface area (Å²) in [5, 5.41) is 6.02. The first-order valence-corrected chi connectivity index (χ1v) is 5.38. The fourth-order valence-electron chi connectivity index (χ4n) is 1.87. The van der Waals surface area contributed by atoms with Gasteiger partial charge in [-0.2, -0.15) is 0 Å². The molecular formula is C13H11N3O. The zero-order valence-electron chi connectivity index (χ0n) is 9.32. The van der Waals surface area contributed by atoms with Gasteiger partial charge in [-0.15, -0.1) is 0 Å². The Labute approximate surface area is 98.7 Å². The number of benzene rings is 1. The van der Waals surface area contributed by atoms with Crippen molar-refractivity contribution < 1.29 is 4.79 Å². The molecule has 0 fully saturated rings. The summed E-state index contributed by atoms with van der Waals surface area (Å²) in [6.45, 7) is 1.94. The highest BCUT2D eigenvalue weighted by atomic mass is 16.1. The normalized spacial score (nSPS) is 12.9. The summed E-state index contributed by atoms with van der Waals surface area (Å²) in [5.41, 5.74) is 3.13. The second-order valence-electron chi connectivity index (χ2n) is 4.03. The topological polar surface area (TPSA) is 54.0 Å². The SMILES string of the molecule is Cc1cnc2c(c1)NC(=O)c1ccccc1N2. The Hall–Kier alpha value is -2.36. The average molecular weight is 225 g/mol. The lowest BCUT2D eigenvalue weighted by Gasteiger charge is -2.07. The maximum absolute atomic E-state index is 12.0. The van der Waals surface area contributed by atoms with Crippen LogP contribution >= 0.6 is 0 Å². The number of aromatic nitrogens is 1. The van der Waals surface area contributed by atoms with Crippen LogP contribution in [0.25, 0.3) is 0 Å². The first-order chi connectivity index (χ1) is 8.24. The van der Waals surface area contributed by atoms with Crippen molar-refractivity contribution in [3.63, 3.8) is 0 Å². The number of anilines is 3. The number of para-hydroxylation sites is 1. The molecule has 0 spiro atoms. The van der Waals surface area contributed by atoms with Crippen molar-refractivity contribution in [1.82, 2.24) is 4.98 Å². The summed E-state index contributed by atoms with van der Waals surface area (Å²) >= 11 is 0. The van der Waals surface area contributed by atoms with E-state index in [0.717, 1.165) is 11.3 Å². The van der Waals surface area contributed by atoms with Gasteiger partial charge in [0.05, 0.1) is 16.9 Å². The lowest BCUT2D eigenvalue weighted by molar-refractivity contribution is 0.102. The van der Waals surface area contributed by atoms with Crippen molar-refractivity contribution in [3.05, 3.63) is 47.7 Å². The Morgan fingerprint density at radius 3 is 2.82 bits per heavy atom. The van der Waals surface area contributed by atoms with Crippen LogP contribution in [0.2, 0.25) is 0 Å². The minimum atomic E-state index is -0.112. The summed E-state index contributed by atoms with van der Waals surface area (Å²) in [6.07, 6.45) is 1.77. The zero-order chi connectivity index (χ0) is 11.8. The number of pyridine rings is 1. The second-order valence-corrected chi connectivity index (χ2v) is 4.03. The van der Waals surface area contributed by atoms with Gasteiger partial charge in [0.25, 0.3) is 5.91 Å². The van der Waals surface area contributed by atoms with Gasteiger partial charge in [0.2, 0.25) is 0 Å². The van der Waals surface area contributed by atoms with Gasteiger partial charge in [0.1, 0.15) is 0 Å². The molecule has 0 atom stereocenters. The van der Waals surface area contributed by atoms with Crippen molar-refractivity contribution in [1.29, 1.82) is 0 Å². The fourth-order valence-corrected chi connectivity index (χ4v) is 1.87. The lowest BCUT2D eigenvalue weighted by atomic mass is 10.1. The van der Waals surface area contributed by atoms with E-state index in [2.05, 4.69) is 15.6 Å². The highest BCUT2D eigenvalue weighted by molar-refractivity contribution is 6.11. The highest BCUT2D eigenvalue weighted by Gasteiger charge is 2.18. The van der Waals surface area contributed by atoms with Gasteiger partial charge in [-0.1, -0.05) is 12.1 Å². The van der Waals surface area contributed by atoms with Crippen molar-refractivity contribution in [3.8, 4) is 0 Å². The van der Waals surface area contributed by atoms with E-state index >= 15 is 0 Å². The number of amides is 1. The number of nitrogens with one attached hydrogen (secondary N) is 2. The van der Waals surface area contributed by atoms with Gasteiger partial charge >= 0.3 is 0 Å². The molecule has 1 aromatic heterocycles. The molecule has 1 aromatic carbocycles. The van der Waals surface area contributed by atoms with Crippen LogP contribution in [0.5, 0.6) is 0 Å². The van der Waals surface area contributed by atoms with Crippen LogP contribution in [0.3, 0.4) is 0 Å². The smallest absolute Gasteiger partial charge is 0.257 e. The molecule has 0 saturated heterocycles. The molecule has 17 heavy (non-hydrogen) atoms. The highest BCUT2D eigenvalue weighted by Crippen LogP contribution is 2.30. The molecule has 0 unspecified atom stereocenters. The number of hydrogen-bond acceptors (Lipinski definition) is 3. The van der Waals surface area contributed by atoms with E-state index in [1.807, 2.05) is 31.2 Å². The molecule has 1 amide bonds. The average Bonchev–Trinajstić information content (AvgIpc) is 2.46. The quantitative estimate of drug-likeness (QED) is 0.724. The van der Waals surface area contributed by atoms with E-state index in [-0.39, 0.29) is 5.91 Å². The Bertz CT molecular complexity index is 607. The first kappa shape index (κ1) is 9.84. The van der Waals surface area contributed by atoms with E-state index in [4.69, 9.17) is 0 Å². The number of fused-ring (bicyclic) bond motifs is 2. The predicted molar refractivity (Wildman–Crippen MR) is 66.7 cm³/mol. The van der Waals surface area contributed by atoms with Crippen LogP contribution < -0.4 is 10.6 Å². The third-order valence-corrected chi connectivity index (χ3v) is 2.70. The molecule has 84 valence electrons. The van der Waals surface area contributed by atoms with Gasteiger partial charge in [-0.05, 0) is 30.7 Å². The summed E-state index contributed by atoms with van der Waals surface area (Å²) in [5.74, 6) is 0.563. The number of carbonyl (C=O) groups is 1. The van der Waals surface area contributed by atoms with Gasteiger partial charge < -0.3 is 10.6 Å². The number of aryl methyl sites for hydroxylation is 1. The fraction of sp³-hybridized carbons (Fsp3) is 0.0769. The molecule has 4 nitrogen and oxygen atoms in total. The summed E-state index contributed by atoms with van der Waals surface area (Å²) in [4.78, 5) is 16.3. The molecule has 0 saturated carbocycles. The maximum Gasteiger partial charge on any atom is 0.257 e. The molecule has 4 heteroatoms. The van der Waals surface area contributed by atoms with E-state index in [9.17, 15) is 4.79 Å². The second kappa shape index (κ2) is 3.59. The van der Waals surface area contributed by atoms with Crippen LogP contribution in [-0.4, -0.2) is 10.9 Å².